The van der Waals surface area contributed by atoms with Crippen LogP contribution in [-0.4, -0.2) is 24.3 Å². The van der Waals surface area contributed by atoms with Crippen molar-refractivity contribution in [3.05, 3.63) is 29.3 Å². The molecular weight excluding hydrogens is 220 g/mol. The summed E-state index contributed by atoms with van der Waals surface area (Å²) in [5.41, 5.74) is 1.95. The first kappa shape index (κ1) is 12.6. The molecule has 84 valence electrons. The van der Waals surface area contributed by atoms with Gasteiger partial charge < -0.3 is 5.32 Å². The third kappa shape index (κ3) is 3.28. The summed E-state index contributed by atoms with van der Waals surface area (Å²) in [4.78, 5) is 11.2. The number of benzene rings is 1. The summed E-state index contributed by atoms with van der Waals surface area (Å²) in [6, 6.07) is 7.21. The summed E-state index contributed by atoms with van der Waals surface area (Å²) in [5.74, 6) is 0.979. The third-order valence-corrected chi connectivity index (χ3v) is 2.78. The van der Waals surface area contributed by atoms with Crippen molar-refractivity contribution in [2.75, 3.05) is 23.9 Å². The first-order chi connectivity index (χ1) is 7.69. The van der Waals surface area contributed by atoms with Gasteiger partial charge in [0.15, 0.2) is 5.78 Å². The summed E-state index contributed by atoms with van der Waals surface area (Å²) in [6.45, 7) is 2.31. The van der Waals surface area contributed by atoms with E-state index in [9.17, 15) is 4.79 Å². The molecule has 0 fully saturated rings. The Hall–Kier alpha value is -1.47. The van der Waals surface area contributed by atoms with Crippen molar-refractivity contribution >= 4 is 23.2 Å². The highest BCUT2D eigenvalue weighted by Crippen LogP contribution is 2.17. The number of carbonyl (C=O) groups is 1. The lowest BCUT2D eigenvalue weighted by molar-refractivity contribution is 0.101. The molecule has 1 N–H and O–H groups in total. The molecule has 0 atom stereocenters. The molecule has 0 radical (unpaired) electrons. The Morgan fingerprint density at radius 2 is 2.31 bits per heavy atom. The fourth-order valence-electron chi connectivity index (χ4n) is 1.29. The number of nitriles is 1. The maximum Gasteiger partial charge on any atom is 0.159 e. The molecule has 16 heavy (non-hydrogen) atoms. The summed E-state index contributed by atoms with van der Waals surface area (Å²) < 4.78 is 0. The predicted molar refractivity (Wildman–Crippen MR) is 68.0 cm³/mol. The third-order valence-electron chi connectivity index (χ3n) is 2.17. The predicted octanol–water partition coefficient (Wildman–Crippen LogP) is 2.54. The molecule has 1 aromatic rings. The van der Waals surface area contributed by atoms with Crippen LogP contribution in [0.3, 0.4) is 0 Å². The quantitative estimate of drug-likeness (QED) is 0.628. The minimum atomic E-state index is 0.0115. The topological polar surface area (TPSA) is 52.9 Å². The number of anilines is 1. The van der Waals surface area contributed by atoms with Crippen molar-refractivity contribution in [1.82, 2.24) is 0 Å². The lowest BCUT2D eigenvalue weighted by atomic mass is 10.1. The molecule has 0 aromatic heterocycles. The Bertz CT molecular complexity index is 424. The van der Waals surface area contributed by atoms with Crippen molar-refractivity contribution < 1.29 is 4.79 Å². The van der Waals surface area contributed by atoms with E-state index in [0.29, 0.717) is 11.1 Å². The van der Waals surface area contributed by atoms with Gasteiger partial charge in [-0.15, -0.1) is 0 Å². The highest BCUT2D eigenvalue weighted by atomic mass is 32.2. The molecule has 0 amide bonds. The van der Waals surface area contributed by atoms with Crippen LogP contribution >= 0.6 is 11.8 Å². The molecule has 0 saturated carbocycles. The van der Waals surface area contributed by atoms with Gasteiger partial charge in [0.25, 0.3) is 0 Å². The molecule has 1 rings (SSSR count). The van der Waals surface area contributed by atoms with Crippen LogP contribution in [0.2, 0.25) is 0 Å². The van der Waals surface area contributed by atoms with Crippen LogP contribution < -0.4 is 5.32 Å². The first-order valence-corrected chi connectivity index (χ1v) is 6.36. The van der Waals surface area contributed by atoms with Gasteiger partial charge in [0.1, 0.15) is 6.07 Å². The van der Waals surface area contributed by atoms with E-state index >= 15 is 0 Å². The average molecular weight is 234 g/mol. The zero-order valence-corrected chi connectivity index (χ0v) is 10.2. The van der Waals surface area contributed by atoms with Crippen molar-refractivity contribution in [3.63, 3.8) is 0 Å². The van der Waals surface area contributed by atoms with E-state index in [0.717, 1.165) is 18.0 Å². The molecule has 0 unspecified atom stereocenters. The molecular formula is C12H14N2OS. The maximum atomic E-state index is 11.2. The Morgan fingerprint density at radius 1 is 1.56 bits per heavy atom. The van der Waals surface area contributed by atoms with Gasteiger partial charge in [0.05, 0.1) is 11.3 Å². The van der Waals surface area contributed by atoms with Crippen LogP contribution in [0.25, 0.3) is 0 Å². The van der Waals surface area contributed by atoms with E-state index in [2.05, 4.69) is 11.4 Å². The van der Waals surface area contributed by atoms with E-state index in [1.54, 1.807) is 30.0 Å². The number of hydrogen-bond donors (Lipinski definition) is 1. The van der Waals surface area contributed by atoms with Crippen molar-refractivity contribution in [1.29, 1.82) is 5.26 Å². The molecule has 0 heterocycles. The number of nitrogens with zero attached hydrogens (tertiary/aromatic N) is 1. The average Bonchev–Trinajstić information content (AvgIpc) is 2.29. The fraction of sp³-hybridized carbons (Fsp3) is 0.333. The van der Waals surface area contributed by atoms with Crippen molar-refractivity contribution in [2.45, 2.75) is 6.92 Å². The second-order valence-electron chi connectivity index (χ2n) is 3.35. The van der Waals surface area contributed by atoms with Gasteiger partial charge in [-0.05, 0) is 31.4 Å². The van der Waals surface area contributed by atoms with Crippen LogP contribution in [0.5, 0.6) is 0 Å². The van der Waals surface area contributed by atoms with Crippen LogP contribution in [0, 0.1) is 11.3 Å². The largest absolute Gasteiger partial charge is 0.383 e. The number of nitrogens with one attached hydrogen (secondary N) is 1. The second kappa shape index (κ2) is 6.19. The van der Waals surface area contributed by atoms with Gasteiger partial charge in [0.2, 0.25) is 0 Å². The Labute approximate surface area is 99.8 Å². The van der Waals surface area contributed by atoms with E-state index in [4.69, 9.17) is 5.26 Å². The second-order valence-corrected chi connectivity index (χ2v) is 4.33. The number of carbonyl (C=O) groups excluding carboxylic acids is 1. The van der Waals surface area contributed by atoms with Crippen LogP contribution in [0.1, 0.15) is 22.8 Å². The lowest BCUT2D eigenvalue weighted by Crippen LogP contribution is -2.06. The highest BCUT2D eigenvalue weighted by molar-refractivity contribution is 7.98. The highest BCUT2D eigenvalue weighted by Gasteiger charge is 2.05. The number of thioether (sulfide) groups is 1. The molecule has 4 heteroatoms. The lowest BCUT2D eigenvalue weighted by Gasteiger charge is -2.08. The summed E-state index contributed by atoms with van der Waals surface area (Å²) >= 11 is 1.73. The van der Waals surface area contributed by atoms with Gasteiger partial charge in [-0.25, -0.2) is 0 Å². The Kier molecular flexibility index (Phi) is 4.87. The summed E-state index contributed by atoms with van der Waals surface area (Å²) in [6.07, 6.45) is 2.03. The van der Waals surface area contributed by atoms with Gasteiger partial charge in [-0.1, -0.05) is 0 Å². The van der Waals surface area contributed by atoms with E-state index < -0.39 is 0 Å². The fourth-order valence-corrected chi connectivity index (χ4v) is 1.60. The van der Waals surface area contributed by atoms with Gasteiger partial charge in [-0.2, -0.15) is 17.0 Å². The molecule has 0 spiro atoms. The van der Waals surface area contributed by atoms with E-state index in [-0.39, 0.29) is 5.78 Å². The normalized spacial score (nSPS) is 9.56. The monoisotopic (exact) mass is 234 g/mol. The van der Waals surface area contributed by atoms with E-state index in [1.807, 2.05) is 6.26 Å². The Balaban J connectivity index is 2.90. The SMILES string of the molecule is CSCCNc1cc(C(C)=O)ccc1C#N. The number of ketones is 1. The molecule has 0 aliphatic carbocycles. The maximum absolute atomic E-state index is 11.2. The number of rotatable bonds is 5. The standard InChI is InChI=1S/C12H14N2OS/c1-9(15)10-3-4-11(8-13)12(7-10)14-5-6-16-2/h3-4,7,14H,5-6H2,1-2H3. The van der Waals surface area contributed by atoms with Crippen LogP contribution in [-0.2, 0) is 0 Å². The van der Waals surface area contributed by atoms with Crippen molar-refractivity contribution in [2.24, 2.45) is 0 Å². The van der Waals surface area contributed by atoms with Gasteiger partial charge in [0, 0.05) is 17.9 Å². The molecule has 1 aromatic carbocycles. The first-order valence-electron chi connectivity index (χ1n) is 4.97. The van der Waals surface area contributed by atoms with Crippen molar-refractivity contribution in [3.8, 4) is 6.07 Å². The van der Waals surface area contributed by atoms with Crippen LogP contribution in [0.4, 0.5) is 5.69 Å². The molecule has 0 aliphatic heterocycles. The minimum absolute atomic E-state index is 0.0115. The van der Waals surface area contributed by atoms with Crippen LogP contribution in [0.15, 0.2) is 18.2 Å². The van der Waals surface area contributed by atoms with Gasteiger partial charge >= 0.3 is 0 Å². The zero-order chi connectivity index (χ0) is 12.0. The molecule has 3 nitrogen and oxygen atoms in total. The molecule has 0 bridgehead atoms. The number of hydrogen-bond acceptors (Lipinski definition) is 4. The molecule has 0 aliphatic rings. The van der Waals surface area contributed by atoms with Gasteiger partial charge in [-0.3, -0.25) is 4.79 Å². The number of Topliss-reactive ketones (excluding diaryl/α,β-unsaturated/α-hetero) is 1. The summed E-state index contributed by atoms with van der Waals surface area (Å²) in [7, 11) is 0. The molecule has 0 saturated heterocycles. The smallest absolute Gasteiger partial charge is 0.159 e. The minimum Gasteiger partial charge on any atom is -0.383 e. The summed E-state index contributed by atoms with van der Waals surface area (Å²) in [5, 5.41) is 12.1. The zero-order valence-electron chi connectivity index (χ0n) is 9.41. The Morgan fingerprint density at radius 3 is 2.88 bits per heavy atom. The van der Waals surface area contributed by atoms with E-state index in [1.165, 1.54) is 6.92 Å².